The smallest absolute Gasteiger partial charge is 0.103 e. The Morgan fingerprint density at radius 1 is 1.57 bits per heavy atom. The molecule has 0 aromatic carbocycles. The zero-order chi connectivity index (χ0) is 10.1. The van der Waals surface area contributed by atoms with Crippen LogP contribution in [0.2, 0.25) is 0 Å². The van der Waals surface area contributed by atoms with Gasteiger partial charge in [-0.1, -0.05) is 5.21 Å². The summed E-state index contributed by atoms with van der Waals surface area (Å²) < 4.78 is 1.94. The van der Waals surface area contributed by atoms with Gasteiger partial charge in [0.25, 0.3) is 0 Å². The van der Waals surface area contributed by atoms with Crippen LogP contribution in [0.3, 0.4) is 0 Å². The van der Waals surface area contributed by atoms with E-state index in [-0.39, 0.29) is 5.92 Å². The average molecular weight is 190 g/mol. The number of aromatic nitrogens is 3. The van der Waals surface area contributed by atoms with E-state index in [2.05, 4.69) is 30.2 Å². The van der Waals surface area contributed by atoms with Crippen LogP contribution >= 0.6 is 0 Å². The summed E-state index contributed by atoms with van der Waals surface area (Å²) in [6.45, 7) is 4.18. The van der Waals surface area contributed by atoms with Gasteiger partial charge in [-0.2, -0.15) is 5.26 Å². The molecule has 1 heterocycles. The minimum absolute atomic E-state index is 0.0359. The van der Waals surface area contributed by atoms with Gasteiger partial charge in [0.15, 0.2) is 0 Å². The minimum Gasteiger partial charge on any atom is -0.247 e. The molecule has 0 aliphatic heterocycles. The summed E-state index contributed by atoms with van der Waals surface area (Å²) in [6, 6.07) is 2.63. The summed E-state index contributed by atoms with van der Waals surface area (Å²) in [6.07, 6.45) is 3.02. The molecule has 0 bridgehead atoms. The Balaban J connectivity index is 2.44. The Morgan fingerprint density at radius 3 is 3.00 bits per heavy atom. The zero-order valence-electron chi connectivity index (χ0n) is 8.56. The molecule has 1 aromatic rings. The number of nitriles is 1. The van der Waals surface area contributed by atoms with Crippen LogP contribution in [-0.2, 0) is 6.42 Å². The molecule has 1 aliphatic rings. The van der Waals surface area contributed by atoms with E-state index in [0.29, 0.717) is 6.04 Å². The first-order chi connectivity index (χ1) is 6.74. The Labute approximate surface area is 83.5 Å². The second-order valence-corrected chi connectivity index (χ2v) is 4.03. The van der Waals surface area contributed by atoms with Crippen molar-refractivity contribution < 1.29 is 0 Å². The molecule has 0 amide bonds. The lowest BCUT2D eigenvalue weighted by molar-refractivity contribution is 0.483. The normalized spacial score (nSPS) is 20.6. The maximum absolute atomic E-state index is 8.96. The fourth-order valence-corrected chi connectivity index (χ4v) is 1.99. The molecule has 14 heavy (non-hydrogen) atoms. The fraction of sp³-hybridized carbons (Fsp3) is 0.700. The predicted octanol–water partition coefficient (Wildman–Crippen LogP) is 1.80. The van der Waals surface area contributed by atoms with Gasteiger partial charge in [-0.3, -0.25) is 0 Å². The molecule has 0 spiro atoms. The van der Waals surface area contributed by atoms with Crippen molar-refractivity contribution in [1.82, 2.24) is 15.0 Å². The van der Waals surface area contributed by atoms with Gasteiger partial charge in [-0.05, 0) is 33.1 Å². The lowest BCUT2D eigenvalue weighted by atomic mass is 9.91. The number of hydrogen-bond acceptors (Lipinski definition) is 3. The van der Waals surface area contributed by atoms with E-state index in [1.165, 1.54) is 0 Å². The quantitative estimate of drug-likeness (QED) is 0.678. The summed E-state index contributed by atoms with van der Waals surface area (Å²) in [5, 5.41) is 17.2. The highest BCUT2D eigenvalue weighted by atomic mass is 15.4. The summed E-state index contributed by atoms with van der Waals surface area (Å²) in [5.41, 5.74) is 2.07. The van der Waals surface area contributed by atoms with Gasteiger partial charge in [-0.15, -0.1) is 5.10 Å². The SMILES string of the molecule is CC(C)n1nnc2c1CCCC2C#N. The van der Waals surface area contributed by atoms with Gasteiger partial charge in [0.1, 0.15) is 5.69 Å². The van der Waals surface area contributed by atoms with Crippen LogP contribution < -0.4 is 0 Å². The van der Waals surface area contributed by atoms with Gasteiger partial charge < -0.3 is 0 Å². The van der Waals surface area contributed by atoms with Crippen molar-refractivity contribution in [2.24, 2.45) is 0 Å². The van der Waals surface area contributed by atoms with E-state index >= 15 is 0 Å². The summed E-state index contributed by atoms with van der Waals surface area (Å²) >= 11 is 0. The number of fused-ring (bicyclic) bond motifs is 1. The van der Waals surface area contributed by atoms with Crippen molar-refractivity contribution in [1.29, 1.82) is 5.26 Å². The number of hydrogen-bond donors (Lipinski definition) is 0. The van der Waals surface area contributed by atoms with Crippen molar-refractivity contribution >= 4 is 0 Å². The van der Waals surface area contributed by atoms with Crippen molar-refractivity contribution in [3.8, 4) is 6.07 Å². The molecular formula is C10H14N4. The van der Waals surface area contributed by atoms with Gasteiger partial charge in [-0.25, -0.2) is 4.68 Å². The summed E-state index contributed by atoms with van der Waals surface area (Å²) in [5.74, 6) is -0.0359. The molecule has 0 fully saturated rings. The van der Waals surface area contributed by atoms with Crippen LogP contribution in [0.4, 0.5) is 0 Å². The van der Waals surface area contributed by atoms with E-state index < -0.39 is 0 Å². The number of nitrogens with zero attached hydrogens (tertiary/aromatic N) is 4. The second kappa shape index (κ2) is 3.41. The topological polar surface area (TPSA) is 54.5 Å². The van der Waals surface area contributed by atoms with E-state index in [1.807, 2.05) is 4.68 Å². The molecule has 0 N–H and O–H groups in total. The summed E-state index contributed by atoms with van der Waals surface area (Å²) in [4.78, 5) is 0. The van der Waals surface area contributed by atoms with Gasteiger partial charge in [0.05, 0.1) is 17.7 Å². The Hall–Kier alpha value is -1.37. The summed E-state index contributed by atoms with van der Waals surface area (Å²) in [7, 11) is 0. The zero-order valence-corrected chi connectivity index (χ0v) is 8.56. The standard InChI is InChI=1S/C10H14N4/c1-7(2)14-9-5-3-4-8(6-11)10(9)12-13-14/h7-8H,3-5H2,1-2H3. The molecule has 4 nitrogen and oxygen atoms in total. The van der Waals surface area contributed by atoms with Crippen LogP contribution in [0.1, 0.15) is 50.0 Å². The van der Waals surface area contributed by atoms with Gasteiger partial charge in [0, 0.05) is 6.04 Å². The molecule has 0 saturated heterocycles. The third kappa shape index (κ3) is 1.29. The first-order valence-electron chi connectivity index (χ1n) is 5.07. The highest BCUT2D eigenvalue weighted by Gasteiger charge is 2.26. The Kier molecular flexibility index (Phi) is 2.24. The van der Waals surface area contributed by atoms with E-state index in [9.17, 15) is 0 Å². The molecule has 0 saturated carbocycles. The third-order valence-corrected chi connectivity index (χ3v) is 2.70. The Morgan fingerprint density at radius 2 is 2.36 bits per heavy atom. The molecule has 74 valence electrons. The van der Waals surface area contributed by atoms with E-state index in [0.717, 1.165) is 30.7 Å². The molecule has 1 unspecified atom stereocenters. The average Bonchev–Trinajstić information content (AvgIpc) is 2.60. The maximum Gasteiger partial charge on any atom is 0.103 e. The van der Waals surface area contributed by atoms with Crippen LogP contribution in [-0.4, -0.2) is 15.0 Å². The molecular weight excluding hydrogens is 176 g/mol. The molecule has 1 aliphatic carbocycles. The minimum atomic E-state index is -0.0359. The molecule has 2 rings (SSSR count). The Bertz CT molecular complexity index is 372. The third-order valence-electron chi connectivity index (χ3n) is 2.70. The lowest BCUT2D eigenvalue weighted by Gasteiger charge is -2.17. The van der Waals surface area contributed by atoms with Crippen LogP contribution in [0.5, 0.6) is 0 Å². The molecule has 1 aromatic heterocycles. The van der Waals surface area contributed by atoms with Crippen molar-refractivity contribution in [2.75, 3.05) is 0 Å². The van der Waals surface area contributed by atoms with Gasteiger partial charge in [0.2, 0.25) is 0 Å². The monoisotopic (exact) mass is 190 g/mol. The second-order valence-electron chi connectivity index (χ2n) is 4.03. The van der Waals surface area contributed by atoms with Crippen molar-refractivity contribution in [2.45, 2.75) is 45.1 Å². The maximum atomic E-state index is 8.96. The van der Waals surface area contributed by atoms with Gasteiger partial charge >= 0.3 is 0 Å². The van der Waals surface area contributed by atoms with Crippen molar-refractivity contribution in [3.63, 3.8) is 0 Å². The molecule has 0 radical (unpaired) electrons. The fourth-order valence-electron chi connectivity index (χ4n) is 1.99. The van der Waals surface area contributed by atoms with Crippen molar-refractivity contribution in [3.05, 3.63) is 11.4 Å². The van der Waals surface area contributed by atoms with Crippen LogP contribution in [0.25, 0.3) is 0 Å². The van der Waals surface area contributed by atoms with E-state index in [1.54, 1.807) is 0 Å². The highest BCUT2D eigenvalue weighted by molar-refractivity contribution is 5.24. The largest absolute Gasteiger partial charge is 0.247 e. The first-order valence-corrected chi connectivity index (χ1v) is 5.07. The lowest BCUT2D eigenvalue weighted by Crippen LogP contribution is -2.13. The predicted molar refractivity (Wildman–Crippen MR) is 51.7 cm³/mol. The first kappa shape index (κ1) is 9.20. The highest BCUT2D eigenvalue weighted by Crippen LogP contribution is 2.30. The van der Waals surface area contributed by atoms with E-state index in [4.69, 9.17) is 5.26 Å². The van der Waals surface area contributed by atoms with Crippen LogP contribution in [0.15, 0.2) is 0 Å². The number of rotatable bonds is 1. The van der Waals surface area contributed by atoms with Crippen LogP contribution in [0, 0.1) is 11.3 Å². The molecule has 4 heteroatoms. The molecule has 1 atom stereocenters.